The highest BCUT2D eigenvalue weighted by atomic mass is 35.5. The van der Waals surface area contributed by atoms with Gasteiger partial charge in [0.05, 0.1) is 11.4 Å². The summed E-state index contributed by atoms with van der Waals surface area (Å²) >= 11 is 5.84. The van der Waals surface area contributed by atoms with Gasteiger partial charge in [-0.1, -0.05) is 23.7 Å². The highest BCUT2D eigenvalue weighted by Gasteiger charge is 2.27. The molecule has 0 heterocycles. The van der Waals surface area contributed by atoms with Gasteiger partial charge < -0.3 is 5.32 Å². The number of halogens is 3. The molecule has 9 heteroatoms. The molecule has 0 atom stereocenters. The van der Waals surface area contributed by atoms with Crippen molar-refractivity contribution < 1.29 is 22.0 Å². The number of carbonyl (C=O) groups excluding carboxylic acids is 1. The minimum absolute atomic E-state index is 0.0383. The van der Waals surface area contributed by atoms with Crippen molar-refractivity contribution in [2.24, 2.45) is 0 Å². The molecule has 0 saturated carbocycles. The van der Waals surface area contributed by atoms with Crippen molar-refractivity contribution in [3.63, 3.8) is 0 Å². The molecule has 1 N–H and O–H groups in total. The molecule has 0 saturated heterocycles. The van der Waals surface area contributed by atoms with Crippen molar-refractivity contribution in [2.75, 3.05) is 11.9 Å². The fourth-order valence-corrected chi connectivity index (χ4v) is 4.18. The summed E-state index contributed by atoms with van der Waals surface area (Å²) in [5, 5.41) is 2.90. The highest BCUT2D eigenvalue weighted by Crippen LogP contribution is 2.21. The van der Waals surface area contributed by atoms with E-state index >= 15 is 0 Å². The average molecular weight is 451 g/mol. The zero-order valence-corrected chi connectivity index (χ0v) is 17.1. The van der Waals surface area contributed by atoms with Gasteiger partial charge in [0.2, 0.25) is 15.9 Å². The normalized spacial score (nSPS) is 11.5. The maximum absolute atomic E-state index is 13.2. The van der Waals surface area contributed by atoms with E-state index < -0.39 is 34.1 Å². The lowest BCUT2D eigenvalue weighted by molar-refractivity contribution is -0.116. The topological polar surface area (TPSA) is 66.5 Å². The maximum atomic E-state index is 13.2. The van der Waals surface area contributed by atoms with E-state index in [9.17, 15) is 22.0 Å². The molecule has 0 spiro atoms. The number of amides is 1. The Balaban J connectivity index is 1.86. The molecular weight excluding hydrogens is 434 g/mol. The molecule has 0 fully saturated rings. The van der Waals surface area contributed by atoms with Crippen molar-refractivity contribution >= 4 is 33.2 Å². The van der Waals surface area contributed by atoms with Crippen LogP contribution in [0, 0.1) is 11.6 Å². The fourth-order valence-electron chi connectivity index (χ4n) is 2.67. The van der Waals surface area contributed by atoms with Crippen LogP contribution in [0.25, 0.3) is 0 Å². The third-order valence-corrected chi connectivity index (χ3v) is 6.23. The van der Waals surface area contributed by atoms with Crippen LogP contribution in [0.15, 0.2) is 77.7 Å². The summed E-state index contributed by atoms with van der Waals surface area (Å²) in [6.45, 7) is -0.651. The largest absolute Gasteiger partial charge is 0.325 e. The van der Waals surface area contributed by atoms with Crippen LogP contribution in [-0.4, -0.2) is 25.2 Å². The van der Waals surface area contributed by atoms with E-state index in [4.69, 9.17) is 11.6 Å². The molecule has 3 rings (SSSR count). The number of benzene rings is 3. The van der Waals surface area contributed by atoms with Gasteiger partial charge in [0.1, 0.15) is 11.6 Å². The molecule has 1 amide bonds. The van der Waals surface area contributed by atoms with Gasteiger partial charge >= 0.3 is 0 Å². The lowest BCUT2D eigenvalue weighted by atomic mass is 10.2. The van der Waals surface area contributed by atoms with Gasteiger partial charge in [-0.15, -0.1) is 0 Å². The summed E-state index contributed by atoms with van der Waals surface area (Å²) in [6, 6.07) is 15.9. The quantitative estimate of drug-likeness (QED) is 0.578. The molecular formula is C21H17ClF2N2O3S. The van der Waals surface area contributed by atoms with Crippen molar-refractivity contribution in [2.45, 2.75) is 11.4 Å². The molecule has 0 bridgehead atoms. The number of rotatable bonds is 7. The Morgan fingerprint density at radius 2 is 1.40 bits per heavy atom. The summed E-state index contributed by atoms with van der Waals surface area (Å²) in [6.07, 6.45) is 0. The van der Waals surface area contributed by atoms with E-state index in [0.717, 1.165) is 4.31 Å². The summed E-state index contributed by atoms with van der Waals surface area (Å²) in [5.74, 6) is -1.53. The summed E-state index contributed by atoms with van der Waals surface area (Å²) in [7, 11) is -4.06. The van der Waals surface area contributed by atoms with E-state index in [1.807, 2.05) is 0 Å². The Hall–Kier alpha value is -2.81. The molecule has 0 aromatic heterocycles. The molecule has 0 radical (unpaired) electrons. The summed E-state index contributed by atoms with van der Waals surface area (Å²) in [4.78, 5) is 12.5. The molecule has 30 heavy (non-hydrogen) atoms. The number of carbonyl (C=O) groups is 1. The first-order valence-corrected chi connectivity index (χ1v) is 10.6. The van der Waals surface area contributed by atoms with Crippen molar-refractivity contribution in [3.8, 4) is 0 Å². The first-order valence-electron chi connectivity index (χ1n) is 8.79. The minimum atomic E-state index is -4.06. The molecule has 0 unspecified atom stereocenters. The van der Waals surface area contributed by atoms with Gasteiger partial charge in [0, 0.05) is 17.3 Å². The van der Waals surface area contributed by atoms with Crippen LogP contribution in [0.2, 0.25) is 5.02 Å². The molecule has 0 aliphatic heterocycles. The monoisotopic (exact) mass is 450 g/mol. The van der Waals surface area contributed by atoms with Crippen LogP contribution >= 0.6 is 11.6 Å². The van der Waals surface area contributed by atoms with Crippen molar-refractivity contribution in [3.05, 3.63) is 95.0 Å². The number of sulfonamides is 1. The van der Waals surface area contributed by atoms with Crippen LogP contribution in [0.5, 0.6) is 0 Å². The van der Waals surface area contributed by atoms with Crippen molar-refractivity contribution in [1.82, 2.24) is 4.31 Å². The van der Waals surface area contributed by atoms with Gasteiger partial charge in [-0.3, -0.25) is 4.79 Å². The second kappa shape index (κ2) is 9.34. The van der Waals surface area contributed by atoms with E-state index in [1.54, 1.807) is 0 Å². The smallest absolute Gasteiger partial charge is 0.243 e. The average Bonchev–Trinajstić information content (AvgIpc) is 2.71. The molecule has 3 aromatic rings. The second-order valence-corrected chi connectivity index (χ2v) is 8.78. The van der Waals surface area contributed by atoms with E-state index in [-0.39, 0.29) is 11.4 Å². The standard InChI is InChI=1S/C21H17ClF2N2O3S/c22-16-3-11-20(12-4-16)30(28,29)26(13-15-1-5-17(23)6-2-15)14-21(27)25-19-9-7-18(24)8-10-19/h1-12H,13-14H2,(H,25,27). The van der Waals surface area contributed by atoms with Gasteiger partial charge in [0.25, 0.3) is 0 Å². The fraction of sp³-hybridized carbons (Fsp3) is 0.0952. The number of nitrogens with zero attached hydrogens (tertiary/aromatic N) is 1. The predicted molar refractivity (Wildman–Crippen MR) is 110 cm³/mol. The Morgan fingerprint density at radius 3 is 1.97 bits per heavy atom. The van der Waals surface area contributed by atoms with Gasteiger partial charge in [-0.25, -0.2) is 17.2 Å². The van der Waals surface area contributed by atoms with E-state index in [2.05, 4.69) is 5.32 Å². The molecule has 156 valence electrons. The number of anilines is 1. The van der Waals surface area contributed by atoms with E-state index in [1.165, 1.54) is 72.8 Å². The zero-order chi connectivity index (χ0) is 21.7. The second-order valence-electron chi connectivity index (χ2n) is 6.41. The lowest BCUT2D eigenvalue weighted by Crippen LogP contribution is -2.37. The summed E-state index contributed by atoms with van der Waals surface area (Å²) < 4.78 is 53.5. The zero-order valence-electron chi connectivity index (χ0n) is 15.6. The molecule has 3 aromatic carbocycles. The minimum Gasteiger partial charge on any atom is -0.325 e. The van der Waals surface area contributed by atoms with Gasteiger partial charge in [-0.2, -0.15) is 4.31 Å². The Labute approximate surface area is 178 Å². The number of nitrogens with one attached hydrogen (secondary N) is 1. The van der Waals surface area contributed by atoms with Crippen LogP contribution in [0.1, 0.15) is 5.56 Å². The van der Waals surface area contributed by atoms with Crippen LogP contribution in [0.4, 0.5) is 14.5 Å². The maximum Gasteiger partial charge on any atom is 0.243 e. The van der Waals surface area contributed by atoms with E-state index in [0.29, 0.717) is 16.3 Å². The van der Waals surface area contributed by atoms with Crippen LogP contribution in [-0.2, 0) is 21.4 Å². The molecule has 0 aliphatic carbocycles. The number of hydrogen-bond acceptors (Lipinski definition) is 3. The highest BCUT2D eigenvalue weighted by molar-refractivity contribution is 7.89. The van der Waals surface area contributed by atoms with Crippen molar-refractivity contribution in [1.29, 1.82) is 0 Å². The van der Waals surface area contributed by atoms with Gasteiger partial charge in [-0.05, 0) is 66.2 Å². The lowest BCUT2D eigenvalue weighted by Gasteiger charge is -2.22. The Morgan fingerprint density at radius 1 is 0.867 bits per heavy atom. The third-order valence-electron chi connectivity index (χ3n) is 4.17. The Bertz CT molecular complexity index is 1120. The number of hydrogen-bond donors (Lipinski definition) is 1. The first-order chi connectivity index (χ1) is 14.2. The van der Waals surface area contributed by atoms with Gasteiger partial charge in [0.15, 0.2) is 0 Å². The molecule has 0 aliphatic rings. The van der Waals surface area contributed by atoms with Crippen LogP contribution in [0.3, 0.4) is 0 Å². The summed E-state index contributed by atoms with van der Waals surface area (Å²) in [5.41, 5.74) is 0.829. The van der Waals surface area contributed by atoms with Crippen LogP contribution < -0.4 is 5.32 Å². The predicted octanol–water partition coefficient (Wildman–Crippen LogP) is 4.45. The third kappa shape index (κ3) is 5.63. The SMILES string of the molecule is O=C(CN(Cc1ccc(F)cc1)S(=O)(=O)c1ccc(Cl)cc1)Nc1ccc(F)cc1. The molecule has 5 nitrogen and oxygen atoms in total. The first kappa shape index (κ1) is 21.9. The Kier molecular flexibility index (Phi) is 6.81.